The van der Waals surface area contributed by atoms with E-state index in [0.29, 0.717) is 16.1 Å². The summed E-state index contributed by atoms with van der Waals surface area (Å²) in [6.45, 7) is 4.28. The fourth-order valence-corrected chi connectivity index (χ4v) is 7.09. The molecule has 3 aromatic heterocycles. The average molecular weight is 686 g/mol. The molecule has 9 nitrogen and oxygen atoms in total. The van der Waals surface area contributed by atoms with Crippen molar-refractivity contribution in [2.75, 3.05) is 31.1 Å². The van der Waals surface area contributed by atoms with Crippen molar-refractivity contribution < 1.29 is 9.59 Å². The standard InChI is InChI=1S/C40H40ClN7O2/c41-38-34(36-11-1-2-19-43-36)9-4-10-35(38)40(50)46-32-14-20-47(21-15-32)27-28-12-13-37(44-25-28)48-22-16-33(17-23-48)45-39(49)30-7-3-6-29(24-30)31-8-5-18-42-26-31/h1-13,18-19,24-26,32-33H,14-17,20-23,27H2,(H,45,49)(H,46,50). The van der Waals surface area contributed by atoms with Gasteiger partial charge in [-0.15, -0.1) is 0 Å². The van der Waals surface area contributed by atoms with Crippen molar-refractivity contribution in [3.8, 4) is 22.4 Å². The van der Waals surface area contributed by atoms with E-state index in [1.54, 1.807) is 18.5 Å². The molecule has 0 unspecified atom stereocenters. The maximum absolute atomic E-state index is 13.2. The topological polar surface area (TPSA) is 103 Å². The zero-order chi connectivity index (χ0) is 34.3. The highest BCUT2D eigenvalue weighted by Crippen LogP contribution is 2.30. The number of carbonyl (C=O) groups excluding carboxylic acids is 2. The van der Waals surface area contributed by atoms with Crippen LogP contribution in [0.4, 0.5) is 5.82 Å². The maximum atomic E-state index is 13.2. The second-order valence-corrected chi connectivity index (χ2v) is 13.4. The summed E-state index contributed by atoms with van der Waals surface area (Å²) in [7, 11) is 0. The second kappa shape index (κ2) is 15.6. The number of amides is 2. The molecule has 0 bridgehead atoms. The second-order valence-electron chi connectivity index (χ2n) is 13.0. The van der Waals surface area contributed by atoms with Crippen molar-refractivity contribution >= 4 is 29.2 Å². The lowest BCUT2D eigenvalue weighted by Crippen LogP contribution is -2.45. The third-order valence-corrected chi connectivity index (χ3v) is 10.0. The molecule has 50 heavy (non-hydrogen) atoms. The van der Waals surface area contributed by atoms with E-state index < -0.39 is 0 Å². The van der Waals surface area contributed by atoms with Gasteiger partial charge in [0, 0.05) is 86.3 Å². The van der Waals surface area contributed by atoms with Gasteiger partial charge in [-0.3, -0.25) is 24.5 Å². The smallest absolute Gasteiger partial charge is 0.253 e. The molecule has 2 aliphatic rings. The quantitative estimate of drug-likeness (QED) is 0.179. The number of aromatic nitrogens is 3. The molecule has 0 atom stereocenters. The Balaban J connectivity index is 0.851. The van der Waals surface area contributed by atoms with Gasteiger partial charge in [-0.05, 0) is 79.3 Å². The molecular weight excluding hydrogens is 646 g/mol. The predicted molar refractivity (Wildman–Crippen MR) is 197 cm³/mol. The van der Waals surface area contributed by atoms with Gasteiger partial charge >= 0.3 is 0 Å². The normalized spacial score (nSPS) is 15.8. The number of halogens is 1. The monoisotopic (exact) mass is 685 g/mol. The van der Waals surface area contributed by atoms with Crippen molar-refractivity contribution in [3.63, 3.8) is 0 Å². The first-order chi connectivity index (χ1) is 24.5. The minimum Gasteiger partial charge on any atom is -0.356 e. The lowest BCUT2D eigenvalue weighted by molar-refractivity contribution is 0.0906. The minimum atomic E-state index is -0.149. The van der Waals surface area contributed by atoms with Gasteiger partial charge in [0.2, 0.25) is 0 Å². The van der Waals surface area contributed by atoms with Crippen LogP contribution < -0.4 is 15.5 Å². The highest BCUT2D eigenvalue weighted by Gasteiger charge is 2.25. The Morgan fingerprint density at radius 2 is 1.48 bits per heavy atom. The van der Waals surface area contributed by atoms with Crippen molar-refractivity contribution in [2.45, 2.75) is 44.3 Å². The molecule has 0 aliphatic carbocycles. The number of pyridine rings is 3. The van der Waals surface area contributed by atoms with Crippen LogP contribution in [0.15, 0.2) is 110 Å². The Morgan fingerprint density at radius 3 is 2.20 bits per heavy atom. The first kappa shape index (κ1) is 33.4. The van der Waals surface area contributed by atoms with Crippen LogP contribution in [0.25, 0.3) is 22.4 Å². The average Bonchev–Trinajstić information content (AvgIpc) is 3.17. The molecule has 0 radical (unpaired) electrons. The van der Waals surface area contributed by atoms with E-state index in [1.807, 2.05) is 79.1 Å². The molecule has 2 aliphatic heterocycles. The summed E-state index contributed by atoms with van der Waals surface area (Å²) in [6.07, 6.45) is 10.7. The zero-order valence-corrected chi connectivity index (χ0v) is 28.6. The van der Waals surface area contributed by atoms with E-state index in [-0.39, 0.29) is 23.9 Å². The summed E-state index contributed by atoms with van der Waals surface area (Å²) in [4.78, 5) is 44.3. The predicted octanol–water partition coefficient (Wildman–Crippen LogP) is 6.65. The number of hydrogen-bond acceptors (Lipinski definition) is 7. The Hall–Kier alpha value is -5.12. The minimum absolute atomic E-state index is 0.0427. The molecule has 0 spiro atoms. The number of carbonyl (C=O) groups is 2. The number of likely N-dealkylation sites (tertiary alicyclic amines) is 1. The van der Waals surface area contributed by atoms with Crippen LogP contribution in [0.5, 0.6) is 0 Å². The van der Waals surface area contributed by atoms with E-state index in [9.17, 15) is 9.59 Å². The first-order valence-corrected chi connectivity index (χ1v) is 17.6. The van der Waals surface area contributed by atoms with Crippen LogP contribution in [0.2, 0.25) is 5.02 Å². The number of hydrogen-bond donors (Lipinski definition) is 2. The summed E-state index contributed by atoms with van der Waals surface area (Å²) in [5.41, 5.74) is 5.77. The van der Waals surface area contributed by atoms with Crippen LogP contribution in [0.1, 0.15) is 52.0 Å². The van der Waals surface area contributed by atoms with Gasteiger partial charge in [-0.1, -0.05) is 54.1 Å². The maximum Gasteiger partial charge on any atom is 0.253 e. The third kappa shape index (κ3) is 8.01. The SMILES string of the molecule is O=C(NC1CCN(c2ccc(CN3CCC(NC(=O)c4cccc(-c5ccccn5)c4Cl)CC3)cn2)CC1)c1cccc(-c2cccnc2)c1. The molecule has 5 heterocycles. The number of nitrogens with one attached hydrogen (secondary N) is 2. The van der Waals surface area contributed by atoms with Gasteiger partial charge < -0.3 is 15.5 Å². The van der Waals surface area contributed by atoms with Crippen molar-refractivity contribution in [1.82, 2.24) is 30.5 Å². The van der Waals surface area contributed by atoms with Gasteiger partial charge in [0.25, 0.3) is 11.8 Å². The molecule has 2 aromatic carbocycles. The first-order valence-electron chi connectivity index (χ1n) is 17.2. The molecule has 5 aromatic rings. The molecule has 7 rings (SSSR count). The highest BCUT2D eigenvalue weighted by molar-refractivity contribution is 6.36. The Bertz CT molecular complexity index is 1910. The van der Waals surface area contributed by atoms with Crippen molar-refractivity contribution in [3.05, 3.63) is 131 Å². The van der Waals surface area contributed by atoms with Crippen molar-refractivity contribution in [1.29, 1.82) is 0 Å². The number of piperidine rings is 2. The van der Waals surface area contributed by atoms with Crippen LogP contribution in [-0.4, -0.2) is 69.9 Å². The fourth-order valence-electron chi connectivity index (χ4n) is 6.78. The van der Waals surface area contributed by atoms with E-state index in [2.05, 4.69) is 42.5 Å². The van der Waals surface area contributed by atoms with E-state index in [0.717, 1.165) is 86.6 Å². The van der Waals surface area contributed by atoms with E-state index >= 15 is 0 Å². The largest absolute Gasteiger partial charge is 0.356 e. The molecule has 2 N–H and O–H groups in total. The van der Waals surface area contributed by atoms with Gasteiger partial charge in [0.1, 0.15) is 5.82 Å². The van der Waals surface area contributed by atoms with E-state index in [4.69, 9.17) is 16.6 Å². The molecule has 10 heteroatoms. The lowest BCUT2D eigenvalue weighted by atomic mass is 10.0. The summed E-state index contributed by atoms with van der Waals surface area (Å²) in [5.74, 6) is 0.776. The van der Waals surface area contributed by atoms with Gasteiger partial charge in [-0.25, -0.2) is 4.98 Å². The lowest BCUT2D eigenvalue weighted by Gasteiger charge is -2.34. The van der Waals surface area contributed by atoms with Gasteiger partial charge in [-0.2, -0.15) is 0 Å². The molecule has 0 saturated carbocycles. The zero-order valence-electron chi connectivity index (χ0n) is 27.8. The summed E-state index contributed by atoms with van der Waals surface area (Å²) in [6, 6.07) is 27.2. The summed E-state index contributed by atoms with van der Waals surface area (Å²) in [5, 5.41) is 6.86. The molecule has 2 fully saturated rings. The highest BCUT2D eigenvalue weighted by atomic mass is 35.5. The molecule has 254 valence electrons. The summed E-state index contributed by atoms with van der Waals surface area (Å²) < 4.78 is 0. The Morgan fingerprint density at radius 1 is 0.720 bits per heavy atom. The molecular formula is C40H40ClN7O2. The molecule has 2 amide bonds. The number of anilines is 1. The number of nitrogens with zero attached hydrogens (tertiary/aromatic N) is 5. The van der Waals surface area contributed by atoms with Crippen LogP contribution >= 0.6 is 11.6 Å². The van der Waals surface area contributed by atoms with Gasteiger partial charge in [0.05, 0.1) is 16.3 Å². The van der Waals surface area contributed by atoms with Gasteiger partial charge in [0.15, 0.2) is 0 Å². The fraction of sp³-hybridized carbons (Fsp3) is 0.275. The summed E-state index contributed by atoms with van der Waals surface area (Å²) >= 11 is 6.66. The van der Waals surface area contributed by atoms with E-state index in [1.165, 1.54) is 5.56 Å². The number of benzene rings is 2. The Labute approximate surface area is 297 Å². The third-order valence-electron chi connectivity index (χ3n) is 9.60. The van der Waals surface area contributed by atoms with Crippen LogP contribution in [0.3, 0.4) is 0 Å². The number of rotatable bonds is 9. The molecule has 2 saturated heterocycles. The van der Waals surface area contributed by atoms with Crippen molar-refractivity contribution in [2.24, 2.45) is 0 Å². The van der Waals surface area contributed by atoms with Crippen LogP contribution in [-0.2, 0) is 6.54 Å². The van der Waals surface area contributed by atoms with Crippen LogP contribution in [0, 0.1) is 0 Å². The Kier molecular flexibility index (Phi) is 10.4.